The smallest absolute Gasteiger partial charge is 0.303 e. The molecule has 1 heterocycles. The summed E-state index contributed by atoms with van der Waals surface area (Å²) in [6.45, 7) is 0. The highest BCUT2D eigenvalue weighted by atomic mass is 32.2. The van der Waals surface area contributed by atoms with E-state index in [1.54, 1.807) is 11.8 Å². The van der Waals surface area contributed by atoms with Crippen molar-refractivity contribution in [3.05, 3.63) is 30.2 Å². The van der Waals surface area contributed by atoms with Crippen LogP contribution in [0.4, 0.5) is 0 Å². The lowest BCUT2D eigenvalue weighted by atomic mass is 10.2. The molecule has 1 aromatic carbocycles. The van der Waals surface area contributed by atoms with Gasteiger partial charge >= 0.3 is 5.97 Å². The number of carboxylic acids is 1. The van der Waals surface area contributed by atoms with Crippen LogP contribution in [0.1, 0.15) is 25.2 Å². The lowest BCUT2D eigenvalue weighted by molar-refractivity contribution is -0.137. The summed E-state index contributed by atoms with van der Waals surface area (Å²) in [6, 6.07) is 7.93. The number of aromatic nitrogens is 2. The summed E-state index contributed by atoms with van der Waals surface area (Å²) in [6.07, 6.45) is 4.17. The van der Waals surface area contributed by atoms with E-state index in [0.29, 0.717) is 24.6 Å². The number of nitrogens with zero attached hydrogens (tertiary/aromatic N) is 2. The van der Waals surface area contributed by atoms with Crippen LogP contribution in [-0.4, -0.2) is 27.5 Å². The SMILES string of the molecule is CSc1ccc(-c2nnc(CCCCC(=O)O)o2)cc1. The molecule has 0 spiro atoms. The molecule has 2 aromatic rings. The molecular formula is C14H16N2O3S. The van der Waals surface area contributed by atoms with E-state index in [9.17, 15) is 4.79 Å². The fourth-order valence-corrected chi connectivity index (χ4v) is 2.17. The van der Waals surface area contributed by atoms with Gasteiger partial charge in [0.25, 0.3) is 0 Å². The van der Waals surface area contributed by atoms with Gasteiger partial charge in [-0.15, -0.1) is 22.0 Å². The second-order valence-corrected chi connectivity index (χ2v) is 5.21. The maximum atomic E-state index is 10.4. The van der Waals surface area contributed by atoms with Crippen LogP contribution in [0.5, 0.6) is 0 Å². The molecular weight excluding hydrogens is 276 g/mol. The largest absolute Gasteiger partial charge is 0.481 e. The minimum atomic E-state index is -0.773. The third kappa shape index (κ3) is 4.09. The first-order valence-electron chi connectivity index (χ1n) is 6.37. The molecule has 0 aliphatic carbocycles. The molecule has 20 heavy (non-hydrogen) atoms. The van der Waals surface area contributed by atoms with Crippen molar-refractivity contribution in [3.63, 3.8) is 0 Å². The standard InChI is InChI=1S/C14H16N2O3S/c1-20-11-8-6-10(7-9-11)14-16-15-12(19-14)4-2-3-5-13(17)18/h6-9H,2-5H2,1H3,(H,17,18). The summed E-state index contributed by atoms with van der Waals surface area (Å²) >= 11 is 1.68. The van der Waals surface area contributed by atoms with Crippen molar-refractivity contribution < 1.29 is 14.3 Å². The molecule has 0 fully saturated rings. The Balaban J connectivity index is 1.92. The van der Waals surface area contributed by atoms with Gasteiger partial charge in [0.1, 0.15) is 0 Å². The van der Waals surface area contributed by atoms with Gasteiger partial charge in [0.05, 0.1) is 0 Å². The summed E-state index contributed by atoms with van der Waals surface area (Å²) < 4.78 is 5.57. The number of aryl methyl sites for hydroxylation is 1. The molecule has 0 atom stereocenters. The summed E-state index contributed by atoms with van der Waals surface area (Å²) in [5, 5.41) is 16.6. The first-order valence-corrected chi connectivity index (χ1v) is 7.60. The monoisotopic (exact) mass is 292 g/mol. The van der Waals surface area contributed by atoms with Gasteiger partial charge < -0.3 is 9.52 Å². The topological polar surface area (TPSA) is 76.2 Å². The van der Waals surface area contributed by atoms with Crippen LogP contribution in [0, 0.1) is 0 Å². The predicted molar refractivity (Wildman–Crippen MR) is 76.7 cm³/mol. The van der Waals surface area contributed by atoms with Gasteiger partial charge in [-0.1, -0.05) is 0 Å². The van der Waals surface area contributed by atoms with Crippen LogP contribution in [0.2, 0.25) is 0 Å². The Hall–Kier alpha value is -1.82. The third-order valence-electron chi connectivity index (χ3n) is 2.84. The molecule has 0 radical (unpaired) electrons. The molecule has 5 nitrogen and oxygen atoms in total. The highest BCUT2D eigenvalue weighted by molar-refractivity contribution is 7.98. The quantitative estimate of drug-likeness (QED) is 0.623. The first-order chi connectivity index (χ1) is 9.69. The van der Waals surface area contributed by atoms with Crippen LogP contribution >= 0.6 is 11.8 Å². The van der Waals surface area contributed by atoms with Gasteiger partial charge in [-0.05, 0) is 43.4 Å². The molecule has 0 amide bonds. The Kier molecular flexibility index (Phi) is 5.17. The summed E-state index contributed by atoms with van der Waals surface area (Å²) in [5.74, 6) is 0.287. The molecule has 0 aliphatic rings. The van der Waals surface area contributed by atoms with Crippen LogP contribution in [0.25, 0.3) is 11.5 Å². The van der Waals surface area contributed by atoms with E-state index in [1.807, 2.05) is 30.5 Å². The van der Waals surface area contributed by atoms with Crippen molar-refractivity contribution in [2.45, 2.75) is 30.6 Å². The number of benzene rings is 1. The van der Waals surface area contributed by atoms with Gasteiger partial charge in [0.15, 0.2) is 0 Å². The lowest BCUT2D eigenvalue weighted by Gasteiger charge is -1.97. The fourth-order valence-electron chi connectivity index (χ4n) is 1.76. The molecule has 0 saturated carbocycles. The van der Waals surface area contributed by atoms with Crippen molar-refractivity contribution >= 4 is 17.7 Å². The van der Waals surface area contributed by atoms with Crippen molar-refractivity contribution in [1.82, 2.24) is 10.2 Å². The second-order valence-electron chi connectivity index (χ2n) is 4.33. The molecule has 2 rings (SSSR count). The van der Waals surface area contributed by atoms with Crippen LogP contribution < -0.4 is 0 Å². The highest BCUT2D eigenvalue weighted by Crippen LogP contribution is 2.22. The van der Waals surface area contributed by atoms with E-state index in [-0.39, 0.29) is 6.42 Å². The maximum Gasteiger partial charge on any atom is 0.303 e. The Morgan fingerprint density at radius 2 is 2.00 bits per heavy atom. The average molecular weight is 292 g/mol. The van der Waals surface area contributed by atoms with Gasteiger partial charge in [-0.3, -0.25) is 4.79 Å². The minimum absolute atomic E-state index is 0.178. The van der Waals surface area contributed by atoms with Crippen molar-refractivity contribution in [3.8, 4) is 11.5 Å². The highest BCUT2D eigenvalue weighted by Gasteiger charge is 2.08. The molecule has 1 aromatic heterocycles. The fraction of sp³-hybridized carbons (Fsp3) is 0.357. The van der Waals surface area contributed by atoms with E-state index in [1.165, 1.54) is 4.90 Å². The first kappa shape index (κ1) is 14.6. The van der Waals surface area contributed by atoms with Gasteiger partial charge in [0, 0.05) is 23.3 Å². The zero-order valence-corrected chi connectivity index (χ0v) is 12.0. The minimum Gasteiger partial charge on any atom is -0.481 e. The molecule has 1 N–H and O–H groups in total. The Morgan fingerprint density at radius 3 is 2.65 bits per heavy atom. The van der Waals surface area contributed by atoms with Crippen molar-refractivity contribution in [1.29, 1.82) is 0 Å². The zero-order valence-electron chi connectivity index (χ0n) is 11.2. The van der Waals surface area contributed by atoms with E-state index in [4.69, 9.17) is 9.52 Å². The number of rotatable bonds is 7. The summed E-state index contributed by atoms with van der Waals surface area (Å²) in [5.41, 5.74) is 0.895. The average Bonchev–Trinajstić information content (AvgIpc) is 2.92. The summed E-state index contributed by atoms with van der Waals surface area (Å²) in [7, 11) is 0. The molecule has 0 saturated heterocycles. The molecule has 6 heteroatoms. The van der Waals surface area contributed by atoms with Crippen molar-refractivity contribution in [2.24, 2.45) is 0 Å². The number of carboxylic acid groups (broad SMARTS) is 1. The normalized spacial score (nSPS) is 10.7. The molecule has 0 bridgehead atoms. The van der Waals surface area contributed by atoms with E-state index < -0.39 is 5.97 Å². The second kappa shape index (κ2) is 7.09. The maximum absolute atomic E-state index is 10.4. The van der Waals surface area contributed by atoms with Gasteiger partial charge in [-0.2, -0.15) is 0 Å². The number of hydrogen-bond acceptors (Lipinski definition) is 5. The van der Waals surface area contributed by atoms with Gasteiger partial charge in [-0.25, -0.2) is 0 Å². The van der Waals surface area contributed by atoms with Crippen LogP contribution in [0.3, 0.4) is 0 Å². The van der Waals surface area contributed by atoms with Crippen LogP contribution in [-0.2, 0) is 11.2 Å². The molecule has 106 valence electrons. The van der Waals surface area contributed by atoms with E-state index >= 15 is 0 Å². The molecule has 0 unspecified atom stereocenters. The number of carbonyl (C=O) groups is 1. The molecule has 0 aliphatic heterocycles. The van der Waals surface area contributed by atoms with E-state index in [2.05, 4.69) is 10.2 Å². The predicted octanol–water partition coefficient (Wildman–Crippen LogP) is 3.26. The Bertz CT molecular complexity index is 566. The Morgan fingerprint density at radius 1 is 1.25 bits per heavy atom. The van der Waals surface area contributed by atoms with Gasteiger partial charge in [0.2, 0.25) is 11.8 Å². The zero-order chi connectivity index (χ0) is 14.4. The third-order valence-corrected chi connectivity index (χ3v) is 3.58. The lowest BCUT2D eigenvalue weighted by Crippen LogP contribution is -1.95. The number of unbranched alkanes of at least 4 members (excludes halogenated alkanes) is 1. The summed E-state index contributed by atoms with van der Waals surface area (Å²) in [4.78, 5) is 11.6. The van der Waals surface area contributed by atoms with Crippen LogP contribution in [0.15, 0.2) is 33.6 Å². The number of thioether (sulfide) groups is 1. The Labute approximate surface area is 121 Å². The number of hydrogen-bond donors (Lipinski definition) is 1. The van der Waals surface area contributed by atoms with Crippen molar-refractivity contribution in [2.75, 3.05) is 6.26 Å². The van der Waals surface area contributed by atoms with E-state index in [0.717, 1.165) is 12.0 Å². The number of aliphatic carboxylic acids is 1.